The molecule has 1 aromatic heterocycles. The first-order valence-electron chi connectivity index (χ1n) is 8.67. The van der Waals surface area contributed by atoms with E-state index in [0.717, 1.165) is 49.0 Å². The minimum atomic E-state index is -0.396. The zero-order valence-corrected chi connectivity index (χ0v) is 13.6. The second-order valence-corrected chi connectivity index (χ2v) is 7.04. The summed E-state index contributed by atoms with van der Waals surface area (Å²) in [4.78, 5) is 12.2. The highest BCUT2D eigenvalue weighted by Crippen LogP contribution is 2.58. The van der Waals surface area contributed by atoms with Crippen molar-refractivity contribution in [1.29, 1.82) is 0 Å². The van der Waals surface area contributed by atoms with Crippen molar-refractivity contribution in [2.45, 2.75) is 50.5 Å². The van der Waals surface area contributed by atoms with Crippen molar-refractivity contribution in [2.24, 2.45) is 0 Å². The van der Waals surface area contributed by atoms with Crippen molar-refractivity contribution in [3.05, 3.63) is 35.0 Å². The fourth-order valence-corrected chi connectivity index (χ4v) is 3.70. The van der Waals surface area contributed by atoms with Crippen LogP contribution < -0.4 is 4.74 Å². The van der Waals surface area contributed by atoms with E-state index in [4.69, 9.17) is 14.0 Å². The van der Waals surface area contributed by atoms with Crippen LogP contribution in [0.1, 0.15) is 54.2 Å². The summed E-state index contributed by atoms with van der Waals surface area (Å²) in [6.07, 6.45) is 5.68. The molecule has 2 aromatic rings. The number of rotatable bonds is 4. The average Bonchev–Trinajstić information content (AvgIpc) is 3.48. The van der Waals surface area contributed by atoms with Gasteiger partial charge >= 0.3 is 5.97 Å². The molecule has 0 saturated heterocycles. The Bertz CT molecular complexity index is 830. The molecule has 124 valence electrons. The molecule has 1 spiro atoms. The molecular formula is C19H19NO4. The van der Waals surface area contributed by atoms with Crippen molar-refractivity contribution in [3.8, 4) is 17.1 Å². The first-order valence-corrected chi connectivity index (χ1v) is 8.67. The molecule has 24 heavy (non-hydrogen) atoms. The van der Waals surface area contributed by atoms with Crippen LogP contribution in [-0.2, 0) is 16.6 Å². The minimum Gasteiger partial charge on any atom is -0.490 e. The lowest BCUT2D eigenvalue weighted by molar-refractivity contribution is 0.0513. The summed E-state index contributed by atoms with van der Waals surface area (Å²) in [5.74, 6) is 1.17. The Balaban J connectivity index is 1.61. The van der Waals surface area contributed by atoms with Gasteiger partial charge in [-0.15, -0.1) is 0 Å². The van der Waals surface area contributed by atoms with Crippen molar-refractivity contribution < 1.29 is 18.8 Å². The van der Waals surface area contributed by atoms with E-state index in [1.54, 1.807) is 6.92 Å². The number of esters is 1. The minimum absolute atomic E-state index is 0.132. The SMILES string of the molecule is CCOC(=O)c1noc2c1CC1(CC1)c1ccc(OC3CC3)cc1-2. The Morgan fingerprint density at radius 1 is 1.38 bits per heavy atom. The molecule has 5 heteroatoms. The Kier molecular flexibility index (Phi) is 2.84. The standard InChI is InChI=1S/C19H19NO4/c1-2-22-18(21)16-14-10-19(7-8-19)15-6-5-12(23-11-3-4-11)9-13(15)17(14)24-20-16/h5-6,9,11H,2-4,7-8,10H2,1H3. The molecule has 0 radical (unpaired) electrons. The summed E-state index contributed by atoms with van der Waals surface area (Å²) >= 11 is 0. The highest BCUT2D eigenvalue weighted by Gasteiger charge is 2.51. The molecule has 0 atom stereocenters. The molecule has 1 heterocycles. The molecule has 5 rings (SSSR count). The number of carbonyl (C=O) groups excluding carboxylic acids is 1. The smallest absolute Gasteiger partial charge is 0.360 e. The van der Waals surface area contributed by atoms with Gasteiger partial charge in [0.25, 0.3) is 0 Å². The van der Waals surface area contributed by atoms with Gasteiger partial charge in [-0.25, -0.2) is 4.79 Å². The molecule has 0 unspecified atom stereocenters. The maximum atomic E-state index is 12.2. The third-order valence-corrected chi connectivity index (χ3v) is 5.26. The van der Waals surface area contributed by atoms with Crippen LogP contribution in [0.5, 0.6) is 5.75 Å². The fraction of sp³-hybridized carbons (Fsp3) is 0.474. The molecule has 2 fully saturated rings. The van der Waals surface area contributed by atoms with E-state index in [9.17, 15) is 4.79 Å². The summed E-state index contributed by atoms with van der Waals surface area (Å²) in [5.41, 5.74) is 3.67. The summed E-state index contributed by atoms with van der Waals surface area (Å²) in [7, 11) is 0. The third-order valence-electron chi connectivity index (χ3n) is 5.26. The van der Waals surface area contributed by atoms with Crippen molar-refractivity contribution in [2.75, 3.05) is 6.61 Å². The van der Waals surface area contributed by atoms with Crippen LogP contribution in [0.2, 0.25) is 0 Å². The molecule has 5 nitrogen and oxygen atoms in total. The van der Waals surface area contributed by atoms with Crippen LogP contribution in [0.25, 0.3) is 11.3 Å². The van der Waals surface area contributed by atoms with Crippen LogP contribution in [-0.4, -0.2) is 23.8 Å². The van der Waals surface area contributed by atoms with E-state index in [1.807, 2.05) is 6.07 Å². The highest BCUT2D eigenvalue weighted by molar-refractivity contribution is 5.92. The first kappa shape index (κ1) is 14.1. The Morgan fingerprint density at radius 3 is 2.92 bits per heavy atom. The van der Waals surface area contributed by atoms with E-state index in [0.29, 0.717) is 24.2 Å². The summed E-state index contributed by atoms with van der Waals surface area (Å²) in [6, 6.07) is 6.27. The molecule has 0 aliphatic heterocycles. The number of carbonyl (C=O) groups is 1. The van der Waals surface area contributed by atoms with Gasteiger partial charge in [-0.3, -0.25) is 0 Å². The highest BCUT2D eigenvalue weighted by atomic mass is 16.5. The molecular weight excluding hydrogens is 306 g/mol. The van der Waals surface area contributed by atoms with Crippen molar-refractivity contribution in [1.82, 2.24) is 5.16 Å². The third kappa shape index (κ3) is 2.07. The number of benzene rings is 1. The molecule has 2 saturated carbocycles. The number of fused-ring (bicyclic) bond motifs is 4. The lowest BCUT2D eigenvalue weighted by atomic mass is 9.78. The predicted molar refractivity (Wildman–Crippen MR) is 86.2 cm³/mol. The lowest BCUT2D eigenvalue weighted by Crippen LogP contribution is -2.19. The van der Waals surface area contributed by atoms with E-state index in [2.05, 4.69) is 17.3 Å². The maximum Gasteiger partial charge on any atom is 0.360 e. The number of aromatic nitrogens is 1. The van der Waals surface area contributed by atoms with Gasteiger partial charge in [0.15, 0.2) is 11.5 Å². The molecule has 1 aromatic carbocycles. The van der Waals surface area contributed by atoms with Gasteiger partial charge in [0.2, 0.25) is 0 Å². The lowest BCUT2D eigenvalue weighted by Gasteiger charge is -2.24. The average molecular weight is 325 g/mol. The van der Waals surface area contributed by atoms with Crippen molar-refractivity contribution >= 4 is 5.97 Å². The Labute approximate surface area is 139 Å². The first-order chi connectivity index (χ1) is 11.7. The number of ether oxygens (including phenoxy) is 2. The molecule has 0 bridgehead atoms. The second-order valence-electron chi connectivity index (χ2n) is 7.04. The predicted octanol–water partition coefficient (Wildman–Crippen LogP) is 3.65. The largest absolute Gasteiger partial charge is 0.490 e. The van der Waals surface area contributed by atoms with Gasteiger partial charge in [-0.2, -0.15) is 0 Å². The van der Waals surface area contributed by atoms with Gasteiger partial charge in [0.05, 0.1) is 12.7 Å². The van der Waals surface area contributed by atoms with Crippen molar-refractivity contribution in [3.63, 3.8) is 0 Å². The van der Waals surface area contributed by atoms with E-state index < -0.39 is 5.97 Å². The summed E-state index contributed by atoms with van der Waals surface area (Å²) < 4.78 is 16.6. The topological polar surface area (TPSA) is 61.6 Å². The van der Waals surface area contributed by atoms with Crippen LogP contribution in [0.15, 0.2) is 22.7 Å². The second kappa shape index (κ2) is 4.85. The summed E-state index contributed by atoms with van der Waals surface area (Å²) in [5, 5.41) is 4.02. The van der Waals surface area contributed by atoms with Gasteiger partial charge in [-0.1, -0.05) is 11.2 Å². The number of hydrogen-bond acceptors (Lipinski definition) is 5. The quantitative estimate of drug-likeness (QED) is 0.803. The number of nitrogens with zero attached hydrogens (tertiary/aromatic N) is 1. The molecule has 3 aliphatic carbocycles. The van der Waals surface area contributed by atoms with E-state index >= 15 is 0 Å². The molecule has 0 N–H and O–H groups in total. The van der Waals surface area contributed by atoms with Gasteiger partial charge < -0.3 is 14.0 Å². The summed E-state index contributed by atoms with van der Waals surface area (Å²) in [6.45, 7) is 2.13. The van der Waals surface area contributed by atoms with E-state index in [1.165, 1.54) is 5.56 Å². The molecule has 0 amide bonds. The normalized spacial score (nSPS) is 19.5. The Morgan fingerprint density at radius 2 is 2.21 bits per heavy atom. The van der Waals surface area contributed by atoms with Crippen LogP contribution in [0, 0.1) is 0 Å². The fourth-order valence-electron chi connectivity index (χ4n) is 3.70. The monoisotopic (exact) mass is 325 g/mol. The van der Waals surface area contributed by atoms with E-state index in [-0.39, 0.29) is 5.41 Å². The zero-order valence-electron chi connectivity index (χ0n) is 13.6. The van der Waals surface area contributed by atoms with Gasteiger partial charge in [0.1, 0.15) is 5.75 Å². The number of hydrogen-bond donors (Lipinski definition) is 0. The Hall–Kier alpha value is -2.30. The van der Waals surface area contributed by atoms with Gasteiger partial charge in [0, 0.05) is 16.5 Å². The van der Waals surface area contributed by atoms with Crippen LogP contribution in [0.3, 0.4) is 0 Å². The van der Waals surface area contributed by atoms with Crippen LogP contribution in [0.4, 0.5) is 0 Å². The maximum absolute atomic E-state index is 12.2. The van der Waals surface area contributed by atoms with Gasteiger partial charge in [-0.05, 0) is 56.7 Å². The van der Waals surface area contributed by atoms with Crippen LogP contribution >= 0.6 is 0 Å². The zero-order chi connectivity index (χ0) is 16.3. The molecule has 3 aliphatic rings.